The van der Waals surface area contributed by atoms with Crippen molar-refractivity contribution in [3.05, 3.63) is 46.6 Å². The number of anilines is 1. The van der Waals surface area contributed by atoms with Crippen molar-refractivity contribution in [3.8, 4) is 11.3 Å². The first kappa shape index (κ1) is 20.0. The molecule has 2 rings (SSSR count). The molecule has 0 radical (unpaired) electrons. The van der Waals surface area contributed by atoms with Gasteiger partial charge < -0.3 is 10.1 Å². The highest BCUT2D eigenvalue weighted by molar-refractivity contribution is 6.30. The molecule has 1 aromatic heterocycles. The van der Waals surface area contributed by atoms with Crippen molar-refractivity contribution in [2.45, 2.75) is 33.0 Å². The highest BCUT2D eigenvalue weighted by Crippen LogP contribution is 2.37. The first-order chi connectivity index (χ1) is 12.1. The number of esters is 1. The van der Waals surface area contributed by atoms with Crippen LogP contribution in [0.4, 0.5) is 18.9 Å². The fraction of sp³-hybridized carbons (Fsp3) is 0.333. The highest BCUT2D eigenvalue weighted by Gasteiger charge is 2.40. The molecule has 0 fully saturated rings. The van der Waals surface area contributed by atoms with Gasteiger partial charge in [0.25, 0.3) is 0 Å². The smallest absolute Gasteiger partial charge is 0.434 e. The van der Waals surface area contributed by atoms with Crippen LogP contribution in [0.3, 0.4) is 0 Å². The summed E-state index contributed by atoms with van der Waals surface area (Å²) in [4.78, 5) is 15.9. The molecule has 0 bridgehead atoms. The van der Waals surface area contributed by atoms with Gasteiger partial charge in [-0.3, -0.25) is 0 Å². The summed E-state index contributed by atoms with van der Waals surface area (Å²) in [6.45, 7) is 4.99. The molecule has 26 heavy (non-hydrogen) atoms. The van der Waals surface area contributed by atoms with E-state index < -0.39 is 23.4 Å². The summed E-state index contributed by atoms with van der Waals surface area (Å²) >= 11 is 5.83. The summed E-state index contributed by atoms with van der Waals surface area (Å²) in [5, 5.41) is 3.33. The Kier molecular flexibility index (Phi) is 6.13. The van der Waals surface area contributed by atoms with E-state index in [2.05, 4.69) is 10.3 Å². The Balaban J connectivity index is 2.73. The van der Waals surface area contributed by atoms with E-state index in [9.17, 15) is 18.0 Å². The largest absolute Gasteiger partial charge is 0.462 e. The van der Waals surface area contributed by atoms with Crippen LogP contribution >= 0.6 is 11.6 Å². The Morgan fingerprint density at radius 1 is 1.27 bits per heavy atom. The molecule has 140 valence electrons. The van der Waals surface area contributed by atoms with Crippen LogP contribution in [0.15, 0.2) is 30.3 Å². The molecule has 0 aliphatic carbocycles. The maximum Gasteiger partial charge on any atom is 0.434 e. The number of hydrogen-bond donors (Lipinski definition) is 1. The van der Waals surface area contributed by atoms with Gasteiger partial charge in [-0.15, -0.1) is 0 Å². The number of pyridine rings is 1. The molecule has 1 aromatic carbocycles. The summed E-state index contributed by atoms with van der Waals surface area (Å²) in [7, 11) is 0. The van der Waals surface area contributed by atoms with Crippen LogP contribution in [-0.4, -0.2) is 23.6 Å². The highest BCUT2D eigenvalue weighted by atomic mass is 35.5. The molecule has 0 unspecified atom stereocenters. The number of ether oxygens (including phenoxy) is 1. The second-order valence-corrected chi connectivity index (χ2v) is 6.24. The zero-order valence-corrected chi connectivity index (χ0v) is 15.2. The van der Waals surface area contributed by atoms with Crippen molar-refractivity contribution in [3.63, 3.8) is 0 Å². The topological polar surface area (TPSA) is 51.2 Å². The van der Waals surface area contributed by atoms with E-state index in [1.165, 1.54) is 13.0 Å². The zero-order chi connectivity index (χ0) is 19.5. The summed E-state index contributed by atoms with van der Waals surface area (Å²) in [6, 6.07) is 7.44. The average molecular weight is 387 g/mol. The summed E-state index contributed by atoms with van der Waals surface area (Å²) in [5.41, 5.74) is -1.37. The van der Waals surface area contributed by atoms with E-state index in [0.717, 1.165) is 0 Å². The first-order valence-electron chi connectivity index (χ1n) is 7.95. The molecule has 1 heterocycles. The quantitative estimate of drug-likeness (QED) is 0.697. The summed E-state index contributed by atoms with van der Waals surface area (Å²) < 4.78 is 45.6. The van der Waals surface area contributed by atoms with Crippen molar-refractivity contribution in [2.24, 2.45) is 0 Å². The van der Waals surface area contributed by atoms with Gasteiger partial charge in [0.15, 0.2) is 5.69 Å². The predicted molar refractivity (Wildman–Crippen MR) is 94.4 cm³/mol. The lowest BCUT2D eigenvalue weighted by atomic mass is 10.0. The molecule has 0 spiro atoms. The Hall–Kier alpha value is -2.28. The lowest BCUT2D eigenvalue weighted by molar-refractivity contribution is -0.141. The Labute approximate surface area is 154 Å². The Morgan fingerprint density at radius 3 is 2.38 bits per heavy atom. The van der Waals surface area contributed by atoms with Gasteiger partial charge in [-0.2, -0.15) is 13.2 Å². The fourth-order valence-electron chi connectivity index (χ4n) is 2.35. The van der Waals surface area contributed by atoms with E-state index in [-0.39, 0.29) is 24.0 Å². The number of carbonyl (C=O) groups excluding carboxylic acids is 1. The van der Waals surface area contributed by atoms with Crippen LogP contribution in [-0.2, 0) is 10.9 Å². The van der Waals surface area contributed by atoms with Crippen LogP contribution in [0.1, 0.15) is 36.8 Å². The van der Waals surface area contributed by atoms with Crippen molar-refractivity contribution in [1.29, 1.82) is 0 Å². The number of alkyl halides is 3. The minimum atomic E-state index is -4.82. The fourth-order valence-corrected chi connectivity index (χ4v) is 2.48. The second kappa shape index (κ2) is 7.95. The van der Waals surface area contributed by atoms with E-state index in [4.69, 9.17) is 16.3 Å². The molecule has 0 saturated heterocycles. The van der Waals surface area contributed by atoms with Gasteiger partial charge in [0.05, 0.1) is 18.0 Å². The van der Waals surface area contributed by atoms with Gasteiger partial charge in [-0.05, 0) is 39.0 Å². The standard InChI is InChI=1S/C18H18ClF3N2O2/c1-4-26-17(25)15-14(23-10(2)3)9-13(24-16(15)18(20,21)22)11-5-7-12(19)8-6-11/h5-10H,4H2,1-3H3,(H,23,24). The van der Waals surface area contributed by atoms with Crippen LogP contribution in [0, 0.1) is 0 Å². The maximum absolute atomic E-state index is 13.6. The Morgan fingerprint density at radius 2 is 1.88 bits per heavy atom. The molecule has 2 aromatic rings. The van der Waals surface area contributed by atoms with E-state index in [1.807, 2.05) is 0 Å². The molecule has 4 nitrogen and oxygen atoms in total. The molecule has 0 saturated carbocycles. The molecular formula is C18H18ClF3N2O2. The number of nitrogens with zero attached hydrogens (tertiary/aromatic N) is 1. The normalized spacial score (nSPS) is 11.5. The number of carbonyl (C=O) groups is 1. The lowest BCUT2D eigenvalue weighted by Gasteiger charge is -2.19. The van der Waals surface area contributed by atoms with Crippen molar-refractivity contribution < 1.29 is 22.7 Å². The third kappa shape index (κ3) is 4.66. The molecule has 0 aliphatic heterocycles. The lowest BCUT2D eigenvalue weighted by Crippen LogP contribution is -2.22. The number of hydrogen-bond acceptors (Lipinski definition) is 4. The molecule has 1 N–H and O–H groups in total. The molecule has 0 atom stereocenters. The molecule has 8 heteroatoms. The van der Waals surface area contributed by atoms with Crippen LogP contribution in [0.2, 0.25) is 5.02 Å². The van der Waals surface area contributed by atoms with Crippen molar-refractivity contribution in [2.75, 3.05) is 11.9 Å². The van der Waals surface area contributed by atoms with Gasteiger partial charge in [0.1, 0.15) is 5.56 Å². The van der Waals surface area contributed by atoms with E-state index >= 15 is 0 Å². The van der Waals surface area contributed by atoms with Gasteiger partial charge >= 0.3 is 12.1 Å². The SMILES string of the molecule is CCOC(=O)c1c(NC(C)C)cc(-c2ccc(Cl)cc2)nc1C(F)(F)F. The van der Waals surface area contributed by atoms with Crippen LogP contribution in [0.25, 0.3) is 11.3 Å². The number of aromatic nitrogens is 1. The van der Waals surface area contributed by atoms with Crippen molar-refractivity contribution in [1.82, 2.24) is 4.98 Å². The molecule has 0 aliphatic rings. The van der Waals surface area contributed by atoms with Crippen LogP contribution < -0.4 is 5.32 Å². The maximum atomic E-state index is 13.6. The average Bonchev–Trinajstić information content (AvgIpc) is 2.53. The molecule has 0 amide bonds. The minimum absolute atomic E-state index is 0.0192. The minimum Gasteiger partial charge on any atom is -0.462 e. The predicted octanol–water partition coefficient (Wildman–Crippen LogP) is 5.42. The number of nitrogens with one attached hydrogen (secondary N) is 1. The summed E-state index contributed by atoms with van der Waals surface area (Å²) in [6.07, 6.45) is -4.82. The summed E-state index contributed by atoms with van der Waals surface area (Å²) in [5.74, 6) is -1.07. The van der Waals surface area contributed by atoms with E-state index in [1.54, 1.807) is 38.1 Å². The van der Waals surface area contributed by atoms with Gasteiger partial charge in [0.2, 0.25) is 0 Å². The number of rotatable bonds is 5. The third-order valence-corrected chi connectivity index (χ3v) is 3.60. The third-order valence-electron chi connectivity index (χ3n) is 3.35. The monoisotopic (exact) mass is 386 g/mol. The van der Waals surface area contributed by atoms with Gasteiger partial charge in [-0.25, -0.2) is 9.78 Å². The first-order valence-corrected chi connectivity index (χ1v) is 8.33. The van der Waals surface area contributed by atoms with E-state index in [0.29, 0.717) is 10.6 Å². The Bertz CT molecular complexity index is 790. The number of benzene rings is 1. The van der Waals surface area contributed by atoms with Crippen LogP contribution in [0.5, 0.6) is 0 Å². The molecular weight excluding hydrogens is 369 g/mol. The van der Waals surface area contributed by atoms with Gasteiger partial charge in [0, 0.05) is 16.6 Å². The van der Waals surface area contributed by atoms with Crippen molar-refractivity contribution >= 4 is 23.3 Å². The van der Waals surface area contributed by atoms with Gasteiger partial charge in [-0.1, -0.05) is 23.7 Å². The second-order valence-electron chi connectivity index (χ2n) is 5.80. The number of halogens is 4. The zero-order valence-electron chi connectivity index (χ0n) is 14.4.